The van der Waals surface area contributed by atoms with Crippen molar-refractivity contribution in [2.75, 3.05) is 32.7 Å². The molecule has 0 N–H and O–H groups in total. The van der Waals surface area contributed by atoms with Crippen molar-refractivity contribution >= 4 is 33.4 Å². The van der Waals surface area contributed by atoms with Gasteiger partial charge in [-0.2, -0.15) is 0 Å². The van der Waals surface area contributed by atoms with E-state index < -0.39 is 0 Å². The number of pyridine rings is 1. The summed E-state index contributed by atoms with van der Waals surface area (Å²) in [6.45, 7) is 3.51. The van der Waals surface area contributed by atoms with Gasteiger partial charge in [0, 0.05) is 36.8 Å². The van der Waals surface area contributed by atoms with Gasteiger partial charge < -0.3 is 4.90 Å². The number of halogens is 2. The number of terminal acetylenes is 1. The molecule has 4 nitrogen and oxygen atoms in total. The average molecular weight is 343 g/mol. The Morgan fingerprint density at radius 3 is 2.79 bits per heavy atom. The van der Waals surface area contributed by atoms with Gasteiger partial charge in [-0.25, -0.2) is 4.98 Å². The first-order chi connectivity index (χ1) is 9.11. The lowest BCUT2D eigenvalue weighted by Crippen LogP contribution is -2.48. The van der Waals surface area contributed by atoms with Crippen LogP contribution in [0.15, 0.2) is 16.7 Å². The maximum absolute atomic E-state index is 12.4. The average Bonchev–Trinajstić information content (AvgIpc) is 2.42. The van der Waals surface area contributed by atoms with Gasteiger partial charge in [-0.15, -0.1) is 6.42 Å². The zero-order valence-electron chi connectivity index (χ0n) is 10.3. The molecule has 6 heteroatoms. The standard InChI is InChI=1S/C13H13BrClN3O/c1-2-3-17-4-6-18(7-5-17)13(19)11-8-10(14)9-16-12(11)15/h1,8-9H,3-7H2. The zero-order chi connectivity index (χ0) is 13.8. The Kier molecular flexibility index (Phi) is 4.81. The number of aromatic nitrogens is 1. The lowest BCUT2D eigenvalue weighted by atomic mass is 10.2. The number of amides is 1. The minimum Gasteiger partial charge on any atom is -0.336 e. The Labute approximate surface area is 125 Å². The molecule has 1 fully saturated rings. The first-order valence-electron chi connectivity index (χ1n) is 5.88. The van der Waals surface area contributed by atoms with E-state index in [1.165, 1.54) is 0 Å². The first kappa shape index (κ1) is 14.3. The van der Waals surface area contributed by atoms with Crippen molar-refractivity contribution in [1.82, 2.24) is 14.8 Å². The third-order valence-corrected chi connectivity index (χ3v) is 3.75. The number of hydrogen-bond acceptors (Lipinski definition) is 3. The molecular formula is C13H13BrClN3O. The Morgan fingerprint density at radius 2 is 2.16 bits per heavy atom. The van der Waals surface area contributed by atoms with Crippen LogP contribution in [-0.2, 0) is 0 Å². The molecule has 0 atom stereocenters. The number of rotatable bonds is 2. The van der Waals surface area contributed by atoms with E-state index in [0.29, 0.717) is 25.2 Å². The summed E-state index contributed by atoms with van der Waals surface area (Å²) in [7, 11) is 0. The molecule has 0 bridgehead atoms. The highest BCUT2D eigenvalue weighted by Gasteiger charge is 2.23. The molecule has 1 aromatic heterocycles. The largest absolute Gasteiger partial charge is 0.336 e. The molecule has 1 amide bonds. The van der Waals surface area contributed by atoms with Crippen LogP contribution in [0.5, 0.6) is 0 Å². The summed E-state index contributed by atoms with van der Waals surface area (Å²) in [6.07, 6.45) is 6.85. The number of carbonyl (C=O) groups is 1. The van der Waals surface area contributed by atoms with Crippen molar-refractivity contribution in [2.24, 2.45) is 0 Å². The predicted octanol–water partition coefficient (Wildman–Crippen LogP) is 1.89. The molecule has 1 saturated heterocycles. The molecule has 0 aromatic carbocycles. The fraction of sp³-hybridized carbons (Fsp3) is 0.385. The molecule has 100 valence electrons. The molecule has 0 radical (unpaired) electrons. The number of hydrogen-bond donors (Lipinski definition) is 0. The second-order valence-electron chi connectivity index (χ2n) is 4.26. The lowest BCUT2D eigenvalue weighted by molar-refractivity contribution is 0.0652. The molecule has 19 heavy (non-hydrogen) atoms. The van der Waals surface area contributed by atoms with Gasteiger partial charge in [-0.05, 0) is 22.0 Å². The predicted molar refractivity (Wildman–Crippen MR) is 78.1 cm³/mol. The van der Waals surface area contributed by atoms with E-state index in [4.69, 9.17) is 18.0 Å². The van der Waals surface area contributed by atoms with Crippen LogP contribution in [0.1, 0.15) is 10.4 Å². The van der Waals surface area contributed by atoms with Crippen molar-refractivity contribution in [3.63, 3.8) is 0 Å². The van der Waals surface area contributed by atoms with E-state index in [1.807, 2.05) is 0 Å². The zero-order valence-corrected chi connectivity index (χ0v) is 12.6. The number of carbonyl (C=O) groups excluding carboxylic acids is 1. The molecule has 0 unspecified atom stereocenters. The van der Waals surface area contributed by atoms with Crippen molar-refractivity contribution < 1.29 is 4.79 Å². The van der Waals surface area contributed by atoms with Crippen molar-refractivity contribution in [3.05, 3.63) is 27.5 Å². The highest BCUT2D eigenvalue weighted by Crippen LogP contribution is 2.20. The Bertz CT molecular complexity index is 521. The maximum Gasteiger partial charge on any atom is 0.257 e. The van der Waals surface area contributed by atoms with Gasteiger partial charge in [0.2, 0.25) is 0 Å². The van der Waals surface area contributed by atoms with Gasteiger partial charge in [-0.3, -0.25) is 9.69 Å². The second kappa shape index (κ2) is 6.38. The highest BCUT2D eigenvalue weighted by atomic mass is 79.9. The van der Waals surface area contributed by atoms with Crippen LogP contribution in [-0.4, -0.2) is 53.4 Å². The molecule has 1 aromatic rings. The minimum absolute atomic E-state index is 0.0841. The molecule has 2 rings (SSSR count). The number of nitrogens with zero attached hydrogens (tertiary/aromatic N) is 3. The monoisotopic (exact) mass is 341 g/mol. The van der Waals surface area contributed by atoms with Crippen LogP contribution in [0.2, 0.25) is 5.15 Å². The van der Waals surface area contributed by atoms with E-state index in [2.05, 4.69) is 31.7 Å². The van der Waals surface area contributed by atoms with Crippen molar-refractivity contribution in [2.45, 2.75) is 0 Å². The van der Waals surface area contributed by atoms with Gasteiger partial charge >= 0.3 is 0 Å². The summed E-state index contributed by atoms with van der Waals surface area (Å²) in [6, 6.07) is 1.70. The van der Waals surface area contributed by atoms with Crippen molar-refractivity contribution in [1.29, 1.82) is 0 Å². The van der Waals surface area contributed by atoms with E-state index >= 15 is 0 Å². The topological polar surface area (TPSA) is 36.4 Å². The van der Waals surface area contributed by atoms with Gasteiger partial charge in [-0.1, -0.05) is 17.5 Å². The Morgan fingerprint density at radius 1 is 1.47 bits per heavy atom. The smallest absolute Gasteiger partial charge is 0.257 e. The van der Waals surface area contributed by atoms with Gasteiger partial charge in [0.25, 0.3) is 5.91 Å². The normalized spacial score (nSPS) is 16.2. The summed E-state index contributed by atoms with van der Waals surface area (Å²) in [5.41, 5.74) is 0.432. The first-order valence-corrected chi connectivity index (χ1v) is 7.05. The van der Waals surface area contributed by atoms with E-state index in [-0.39, 0.29) is 11.1 Å². The van der Waals surface area contributed by atoms with Crippen LogP contribution in [0.25, 0.3) is 0 Å². The van der Waals surface area contributed by atoms with Crippen LogP contribution in [0.3, 0.4) is 0 Å². The maximum atomic E-state index is 12.4. The van der Waals surface area contributed by atoms with Crippen LogP contribution in [0.4, 0.5) is 0 Å². The molecule has 1 aliphatic heterocycles. The summed E-state index contributed by atoms with van der Waals surface area (Å²) < 4.78 is 0.742. The Balaban J connectivity index is 2.05. The van der Waals surface area contributed by atoms with Crippen LogP contribution >= 0.6 is 27.5 Å². The molecule has 0 spiro atoms. The minimum atomic E-state index is -0.0841. The molecule has 2 heterocycles. The summed E-state index contributed by atoms with van der Waals surface area (Å²) in [5, 5.41) is 0.235. The quantitative estimate of drug-likeness (QED) is 0.608. The molecule has 0 aliphatic carbocycles. The summed E-state index contributed by atoms with van der Waals surface area (Å²) in [4.78, 5) is 20.3. The summed E-state index contributed by atoms with van der Waals surface area (Å²) >= 11 is 9.27. The number of piperazine rings is 1. The van der Waals surface area contributed by atoms with E-state index in [1.54, 1.807) is 17.2 Å². The Hall–Kier alpha value is -1.09. The second-order valence-corrected chi connectivity index (χ2v) is 5.54. The van der Waals surface area contributed by atoms with Crippen LogP contribution in [0, 0.1) is 12.3 Å². The third-order valence-electron chi connectivity index (χ3n) is 3.01. The molecule has 1 aliphatic rings. The van der Waals surface area contributed by atoms with Crippen LogP contribution < -0.4 is 0 Å². The van der Waals surface area contributed by atoms with Gasteiger partial charge in [0.05, 0.1) is 12.1 Å². The third kappa shape index (κ3) is 3.47. The van der Waals surface area contributed by atoms with Crippen molar-refractivity contribution in [3.8, 4) is 12.3 Å². The lowest BCUT2D eigenvalue weighted by Gasteiger charge is -2.33. The van der Waals surface area contributed by atoms with Gasteiger partial charge in [0.1, 0.15) is 5.15 Å². The van der Waals surface area contributed by atoms with E-state index in [0.717, 1.165) is 17.6 Å². The fourth-order valence-corrected chi connectivity index (χ4v) is 2.50. The van der Waals surface area contributed by atoms with Gasteiger partial charge in [0.15, 0.2) is 0 Å². The SMILES string of the molecule is C#CCN1CCN(C(=O)c2cc(Br)cnc2Cl)CC1. The highest BCUT2D eigenvalue weighted by molar-refractivity contribution is 9.10. The van der Waals surface area contributed by atoms with E-state index in [9.17, 15) is 4.79 Å². The fourth-order valence-electron chi connectivity index (χ4n) is 1.98. The summed E-state index contributed by atoms with van der Waals surface area (Å²) in [5.74, 6) is 2.53. The molecule has 0 saturated carbocycles. The molecular weight excluding hydrogens is 330 g/mol.